The Morgan fingerprint density at radius 3 is 2.18 bits per heavy atom. The van der Waals surface area contributed by atoms with Crippen molar-refractivity contribution < 1.29 is 33.6 Å². The molecule has 2 aromatic rings. The van der Waals surface area contributed by atoms with Gasteiger partial charge in [-0.2, -0.15) is 0 Å². The maximum absolute atomic E-state index is 13.2. The standard InChI is InChI=1S/C30H36ClNO7/c1-19(32-16-23(33)21-5-4-6-22(31)15-21)13-20-7-8-24-25(14-20)39-30(38-24,26(34)36-17-28(2)9-10-28)27(35)37-18-29(3)11-12-29/h4-8,14-15,19,23,32-33H,9-13,16-18H2,1-3H3. The molecule has 2 fully saturated rings. The number of esters is 2. The van der Waals surface area contributed by atoms with Gasteiger partial charge >= 0.3 is 17.7 Å². The van der Waals surface area contributed by atoms with E-state index < -0.39 is 23.8 Å². The van der Waals surface area contributed by atoms with Crippen LogP contribution in [0.25, 0.3) is 0 Å². The molecule has 2 aliphatic carbocycles. The van der Waals surface area contributed by atoms with Gasteiger partial charge in [-0.3, -0.25) is 0 Å². The summed E-state index contributed by atoms with van der Waals surface area (Å²) < 4.78 is 22.8. The number of halogens is 1. The Kier molecular flexibility index (Phi) is 7.57. The molecule has 0 amide bonds. The summed E-state index contributed by atoms with van der Waals surface area (Å²) in [6, 6.07) is 12.5. The minimum absolute atomic E-state index is 0.0115. The molecule has 210 valence electrons. The molecule has 2 aromatic carbocycles. The van der Waals surface area contributed by atoms with Crippen molar-refractivity contribution in [1.82, 2.24) is 5.32 Å². The molecule has 3 aliphatic rings. The Hall–Kier alpha value is -2.81. The van der Waals surface area contributed by atoms with Crippen molar-refractivity contribution >= 4 is 23.5 Å². The van der Waals surface area contributed by atoms with E-state index in [0.29, 0.717) is 18.0 Å². The van der Waals surface area contributed by atoms with E-state index >= 15 is 0 Å². The molecule has 2 atom stereocenters. The maximum atomic E-state index is 13.2. The number of hydrogen-bond donors (Lipinski definition) is 2. The number of ether oxygens (including phenoxy) is 4. The first-order chi connectivity index (χ1) is 18.5. The van der Waals surface area contributed by atoms with E-state index in [1.807, 2.05) is 32.9 Å². The molecule has 5 rings (SSSR count). The second kappa shape index (κ2) is 10.6. The lowest BCUT2D eigenvalue weighted by atomic mass is 10.1. The third-order valence-corrected chi connectivity index (χ3v) is 8.03. The van der Waals surface area contributed by atoms with E-state index in [0.717, 1.165) is 36.8 Å². The summed E-state index contributed by atoms with van der Waals surface area (Å²) in [4.78, 5) is 26.5. The van der Waals surface area contributed by atoms with Gasteiger partial charge in [0.15, 0.2) is 11.5 Å². The number of benzene rings is 2. The number of aliphatic hydroxyl groups is 1. The Bertz CT molecular complexity index is 1210. The van der Waals surface area contributed by atoms with Crippen LogP contribution in [0.1, 0.15) is 63.7 Å². The summed E-state index contributed by atoms with van der Waals surface area (Å²) in [5.74, 6) is -3.56. The van der Waals surface area contributed by atoms with Gasteiger partial charge in [0.2, 0.25) is 0 Å². The Morgan fingerprint density at radius 2 is 1.59 bits per heavy atom. The minimum Gasteiger partial charge on any atom is -0.459 e. The zero-order valence-corrected chi connectivity index (χ0v) is 23.4. The van der Waals surface area contributed by atoms with E-state index in [1.54, 1.807) is 30.3 Å². The summed E-state index contributed by atoms with van der Waals surface area (Å²) in [5, 5.41) is 14.4. The SMILES string of the molecule is CC(Cc1ccc2c(c1)OC(C(=O)OCC1(C)CC1)(C(=O)OCC1(C)CC1)O2)NCC(O)c1cccc(Cl)c1. The minimum atomic E-state index is -2.32. The van der Waals surface area contributed by atoms with Crippen LogP contribution in [0, 0.1) is 10.8 Å². The number of rotatable bonds is 12. The van der Waals surface area contributed by atoms with Crippen LogP contribution in [0.3, 0.4) is 0 Å². The van der Waals surface area contributed by atoms with E-state index in [-0.39, 0.29) is 41.6 Å². The van der Waals surface area contributed by atoms with E-state index in [9.17, 15) is 14.7 Å². The van der Waals surface area contributed by atoms with Gasteiger partial charge in [0.05, 0.1) is 19.3 Å². The molecule has 0 aromatic heterocycles. The monoisotopic (exact) mass is 557 g/mol. The van der Waals surface area contributed by atoms with Crippen LogP contribution >= 0.6 is 11.6 Å². The maximum Gasteiger partial charge on any atom is 0.453 e. The zero-order valence-electron chi connectivity index (χ0n) is 22.6. The highest BCUT2D eigenvalue weighted by atomic mass is 35.5. The average molecular weight is 558 g/mol. The number of hydrogen-bond acceptors (Lipinski definition) is 8. The molecule has 2 N–H and O–H groups in total. The van der Waals surface area contributed by atoms with Crippen molar-refractivity contribution in [3.8, 4) is 11.5 Å². The van der Waals surface area contributed by atoms with Gasteiger partial charge in [0.1, 0.15) is 0 Å². The number of carbonyl (C=O) groups excluding carboxylic acids is 2. The van der Waals surface area contributed by atoms with Crippen LogP contribution in [0.15, 0.2) is 42.5 Å². The van der Waals surface area contributed by atoms with Gasteiger partial charge in [0.25, 0.3) is 0 Å². The number of fused-ring (bicyclic) bond motifs is 1. The number of carbonyl (C=O) groups is 2. The first-order valence-electron chi connectivity index (χ1n) is 13.5. The van der Waals surface area contributed by atoms with E-state index in [4.69, 9.17) is 30.5 Å². The summed E-state index contributed by atoms with van der Waals surface area (Å²) in [6.07, 6.45) is 3.76. The van der Waals surface area contributed by atoms with Crippen LogP contribution in [0.5, 0.6) is 11.5 Å². The second-order valence-corrected chi connectivity index (χ2v) is 12.4. The molecule has 2 saturated carbocycles. The number of nitrogens with one attached hydrogen (secondary N) is 1. The predicted octanol–water partition coefficient (Wildman–Crippen LogP) is 4.75. The normalized spacial score (nSPS) is 20.5. The lowest BCUT2D eigenvalue weighted by Gasteiger charge is -2.24. The third-order valence-electron chi connectivity index (χ3n) is 7.80. The lowest BCUT2D eigenvalue weighted by molar-refractivity contribution is -0.204. The second-order valence-electron chi connectivity index (χ2n) is 12.0. The quantitative estimate of drug-likeness (QED) is 0.285. The molecule has 0 bridgehead atoms. The van der Waals surface area contributed by atoms with E-state index in [2.05, 4.69) is 5.32 Å². The highest BCUT2D eigenvalue weighted by Crippen LogP contribution is 2.47. The smallest absolute Gasteiger partial charge is 0.453 e. The zero-order chi connectivity index (χ0) is 27.8. The predicted molar refractivity (Wildman–Crippen MR) is 145 cm³/mol. The summed E-state index contributed by atoms with van der Waals surface area (Å²) in [7, 11) is 0. The van der Waals surface area contributed by atoms with Crippen LogP contribution in [0.2, 0.25) is 5.02 Å². The van der Waals surface area contributed by atoms with Crippen molar-refractivity contribution in [2.24, 2.45) is 10.8 Å². The molecule has 1 aliphatic heterocycles. The van der Waals surface area contributed by atoms with Gasteiger partial charge in [-0.1, -0.05) is 43.6 Å². The molecule has 8 nitrogen and oxygen atoms in total. The molecule has 1 heterocycles. The van der Waals surface area contributed by atoms with Gasteiger partial charge in [-0.25, -0.2) is 9.59 Å². The fraction of sp³-hybridized carbons (Fsp3) is 0.533. The van der Waals surface area contributed by atoms with Crippen LogP contribution in [-0.2, 0) is 25.5 Å². The highest BCUT2D eigenvalue weighted by molar-refractivity contribution is 6.30. The van der Waals surface area contributed by atoms with Crippen molar-refractivity contribution in [3.63, 3.8) is 0 Å². The molecule has 0 spiro atoms. The Labute approximate surface area is 233 Å². The summed E-state index contributed by atoms with van der Waals surface area (Å²) in [6.45, 7) is 6.80. The largest absolute Gasteiger partial charge is 0.459 e. The van der Waals surface area contributed by atoms with Crippen LogP contribution < -0.4 is 14.8 Å². The molecule has 0 saturated heterocycles. The van der Waals surface area contributed by atoms with Crippen molar-refractivity contribution in [1.29, 1.82) is 0 Å². The van der Waals surface area contributed by atoms with Gasteiger partial charge < -0.3 is 29.4 Å². The third kappa shape index (κ3) is 6.51. The average Bonchev–Trinajstić information content (AvgIpc) is 3.80. The fourth-order valence-corrected chi connectivity index (χ4v) is 4.58. The summed E-state index contributed by atoms with van der Waals surface area (Å²) in [5.41, 5.74) is 1.52. The highest BCUT2D eigenvalue weighted by Gasteiger charge is 2.61. The van der Waals surface area contributed by atoms with Crippen LogP contribution in [-0.4, -0.2) is 48.6 Å². The lowest BCUT2D eigenvalue weighted by Crippen LogP contribution is -2.56. The molecule has 9 heteroatoms. The Morgan fingerprint density at radius 1 is 0.974 bits per heavy atom. The molecule has 0 radical (unpaired) electrons. The van der Waals surface area contributed by atoms with Crippen molar-refractivity contribution in [2.75, 3.05) is 19.8 Å². The van der Waals surface area contributed by atoms with Gasteiger partial charge in [-0.15, -0.1) is 0 Å². The first-order valence-corrected chi connectivity index (χ1v) is 13.9. The van der Waals surface area contributed by atoms with Gasteiger partial charge in [-0.05, 0) is 74.4 Å². The summed E-state index contributed by atoms with van der Waals surface area (Å²) >= 11 is 6.03. The Balaban J connectivity index is 1.23. The van der Waals surface area contributed by atoms with E-state index in [1.165, 1.54) is 0 Å². The number of aliphatic hydroxyl groups excluding tert-OH is 1. The topological polar surface area (TPSA) is 103 Å². The van der Waals surface area contributed by atoms with Gasteiger partial charge in [0, 0.05) is 28.4 Å². The molecular formula is C30H36ClNO7. The fourth-order valence-electron chi connectivity index (χ4n) is 4.38. The first kappa shape index (κ1) is 27.7. The molecular weight excluding hydrogens is 522 g/mol. The molecule has 2 unspecified atom stereocenters. The van der Waals surface area contributed by atoms with Crippen molar-refractivity contribution in [2.45, 2.75) is 70.8 Å². The van der Waals surface area contributed by atoms with Crippen molar-refractivity contribution in [3.05, 3.63) is 58.6 Å². The van der Waals surface area contributed by atoms with Crippen LogP contribution in [0.4, 0.5) is 0 Å². The molecule has 39 heavy (non-hydrogen) atoms.